The second-order valence-electron chi connectivity index (χ2n) is 4.48. The van der Waals surface area contributed by atoms with Crippen molar-refractivity contribution >= 4 is 23.4 Å². The number of rotatable bonds is 7. The Labute approximate surface area is 128 Å². The highest BCUT2D eigenvalue weighted by Gasteiger charge is 2.14. The van der Waals surface area contributed by atoms with E-state index in [2.05, 4.69) is 5.32 Å². The summed E-state index contributed by atoms with van der Waals surface area (Å²) < 4.78 is 10.6. The van der Waals surface area contributed by atoms with E-state index in [1.807, 2.05) is 50.2 Å². The fourth-order valence-corrected chi connectivity index (χ4v) is 2.51. The summed E-state index contributed by atoms with van der Waals surface area (Å²) in [6.45, 7) is 4.46. The molecule has 0 spiro atoms. The van der Waals surface area contributed by atoms with Crippen molar-refractivity contribution in [3.05, 3.63) is 48.4 Å². The number of carbonyl (C=O) groups is 1. The Morgan fingerprint density at radius 3 is 2.71 bits per heavy atom. The van der Waals surface area contributed by atoms with E-state index in [-0.39, 0.29) is 11.2 Å². The van der Waals surface area contributed by atoms with E-state index in [0.29, 0.717) is 12.4 Å². The maximum Gasteiger partial charge on any atom is 0.237 e. The van der Waals surface area contributed by atoms with Crippen LogP contribution in [-0.4, -0.2) is 17.8 Å². The van der Waals surface area contributed by atoms with Gasteiger partial charge in [-0.25, -0.2) is 0 Å². The van der Waals surface area contributed by atoms with Gasteiger partial charge in [0.2, 0.25) is 5.91 Å². The lowest BCUT2D eigenvalue weighted by Gasteiger charge is -2.12. The van der Waals surface area contributed by atoms with Crippen LogP contribution in [0.15, 0.2) is 47.1 Å². The zero-order valence-electron chi connectivity index (χ0n) is 12.2. The van der Waals surface area contributed by atoms with E-state index in [1.165, 1.54) is 0 Å². The molecule has 0 saturated heterocycles. The largest absolute Gasteiger partial charge is 0.494 e. The van der Waals surface area contributed by atoms with Gasteiger partial charge in [0.15, 0.2) is 0 Å². The van der Waals surface area contributed by atoms with E-state index >= 15 is 0 Å². The van der Waals surface area contributed by atoms with Crippen molar-refractivity contribution in [2.45, 2.75) is 24.9 Å². The predicted molar refractivity (Wildman–Crippen MR) is 85.7 cm³/mol. The van der Waals surface area contributed by atoms with Gasteiger partial charge in [-0.15, -0.1) is 11.8 Å². The highest BCUT2D eigenvalue weighted by atomic mass is 32.2. The van der Waals surface area contributed by atoms with Crippen molar-refractivity contribution in [2.75, 3.05) is 11.9 Å². The number of benzene rings is 1. The third kappa shape index (κ3) is 4.86. The molecule has 1 amide bonds. The van der Waals surface area contributed by atoms with Crippen molar-refractivity contribution in [3.63, 3.8) is 0 Å². The summed E-state index contributed by atoms with van der Waals surface area (Å²) in [5, 5.41) is 2.74. The average molecular weight is 305 g/mol. The molecule has 1 aromatic carbocycles. The molecular formula is C16H19NO3S. The SMILES string of the molecule is CCOc1ccc(NC(=O)C(C)SCc2ccco2)cc1. The van der Waals surface area contributed by atoms with E-state index in [1.54, 1.807) is 18.0 Å². The van der Waals surface area contributed by atoms with Crippen LogP contribution in [0.1, 0.15) is 19.6 Å². The fourth-order valence-electron chi connectivity index (χ4n) is 1.72. The Bertz CT molecular complexity index is 551. The fraction of sp³-hybridized carbons (Fsp3) is 0.312. The minimum absolute atomic E-state index is 0.0179. The van der Waals surface area contributed by atoms with Crippen LogP contribution in [0.3, 0.4) is 0 Å². The van der Waals surface area contributed by atoms with Crippen LogP contribution in [0, 0.1) is 0 Å². The molecule has 0 radical (unpaired) electrons. The van der Waals surface area contributed by atoms with Gasteiger partial charge in [-0.2, -0.15) is 0 Å². The van der Waals surface area contributed by atoms with Gasteiger partial charge >= 0.3 is 0 Å². The van der Waals surface area contributed by atoms with E-state index in [0.717, 1.165) is 17.2 Å². The lowest BCUT2D eigenvalue weighted by molar-refractivity contribution is -0.115. The minimum atomic E-state index is -0.151. The molecule has 21 heavy (non-hydrogen) atoms. The Kier molecular flexibility index (Phi) is 5.75. The summed E-state index contributed by atoms with van der Waals surface area (Å²) in [7, 11) is 0. The van der Waals surface area contributed by atoms with Crippen LogP contribution in [0.25, 0.3) is 0 Å². The number of anilines is 1. The van der Waals surface area contributed by atoms with Crippen molar-refractivity contribution in [2.24, 2.45) is 0 Å². The van der Waals surface area contributed by atoms with Crippen molar-refractivity contribution in [1.29, 1.82) is 0 Å². The number of nitrogens with one attached hydrogen (secondary N) is 1. The van der Waals surface area contributed by atoms with Crippen molar-refractivity contribution in [3.8, 4) is 5.75 Å². The Hall–Kier alpha value is -1.88. The summed E-state index contributed by atoms with van der Waals surface area (Å²) in [6.07, 6.45) is 1.64. The molecule has 4 nitrogen and oxygen atoms in total. The van der Waals surface area contributed by atoms with Crippen LogP contribution in [0.4, 0.5) is 5.69 Å². The smallest absolute Gasteiger partial charge is 0.237 e. The monoisotopic (exact) mass is 305 g/mol. The molecule has 1 unspecified atom stereocenters. The molecule has 0 bridgehead atoms. The summed E-state index contributed by atoms with van der Waals surface area (Å²) >= 11 is 1.54. The molecule has 112 valence electrons. The van der Waals surface area contributed by atoms with Gasteiger partial charge in [0, 0.05) is 5.69 Å². The summed E-state index contributed by atoms with van der Waals surface area (Å²) in [5.41, 5.74) is 0.772. The Balaban J connectivity index is 1.82. The van der Waals surface area contributed by atoms with Gasteiger partial charge in [-0.1, -0.05) is 0 Å². The number of furan rings is 1. The number of carbonyl (C=O) groups excluding carboxylic acids is 1. The Morgan fingerprint density at radius 1 is 1.33 bits per heavy atom. The van der Waals surface area contributed by atoms with E-state index in [9.17, 15) is 4.79 Å². The summed E-state index contributed by atoms with van der Waals surface area (Å²) in [6, 6.07) is 11.1. The minimum Gasteiger partial charge on any atom is -0.494 e. The third-order valence-corrected chi connectivity index (χ3v) is 4.02. The van der Waals surface area contributed by atoms with Gasteiger partial charge in [-0.05, 0) is 50.2 Å². The molecule has 1 atom stereocenters. The Morgan fingerprint density at radius 2 is 2.10 bits per heavy atom. The van der Waals surface area contributed by atoms with E-state index in [4.69, 9.17) is 9.15 Å². The molecule has 1 aromatic heterocycles. The zero-order chi connectivity index (χ0) is 15.1. The predicted octanol–water partition coefficient (Wildman–Crippen LogP) is 3.94. The maximum atomic E-state index is 12.1. The molecule has 2 aromatic rings. The first-order valence-electron chi connectivity index (χ1n) is 6.86. The van der Waals surface area contributed by atoms with Gasteiger partial charge in [0.25, 0.3) is 0 Å². The van der Waals surface area contributed by atoms with Crippen molar-refractivity contribution < 1.29 is 13.9 Å². The number of hydrogen-bond donors (Lipinski definition) is 1. The molecule has 1 heterocycles. The molecule has 0 fully saturated rings. The standard InChI is InChI=1S/C16H19NO3S/c1-3-19-14-8-6-13(7-9-14)17-16(18)12(2)21-11-15-5-4-10-20-15/h4-10,12H,3,11H2,1-2H3,(H,17,18). The van der Waals surface area contributed by atoms with Crippen molar-refractivity contribution in [1.82, 2.24) is 0 Å². The van der Waals surface area contributed by atoms with Gasteiger partial charge < -0.3 is 14.5 Å². The van der Waals surface area contributed by atoms with Crippen LogP contribution in [-0.2, 0) is 10.5 Å². The molecule has 0 aliphatic heterocycles. The molecule has 5 heteroatoms. The number of amides is 1. The number of hydrogen-bond acceptors (Lipinski definition) is 4. The quantitative estimate of drug-likeness (QED) is 0.842. The third-order valence-electron chi connectivity index (χ3n) is 2.86. The second-order valence-corrected chi connectivity index (χ2v) is 5.81. The van der Waals surface area contributed by atoms with Crippen LogP contribution < -0.4 is 10.1 Å². The lowest BCUT2D eigenvalue weighted by Crippen LogP contribution is -2.22. The first-order valence-corrected chi connectivity index (χ1v) is 7.91. The van der Waals surface area contributed by atoms with Gasteiger partial charge in [0.05, 0.1) is 23.9 Å². The normalized spacial score (nSPS) is 11.9. The first-order chi connectivity index (χ1) is 10.2. The molecule has 2 rings (SSSR count). The lowest BCUT2D eigenvalue weighted by atomic mass is 10.3. The second kappa shape index (κ2) is 7.78. The van der Waals surface area contributed by atoms with Gasteiger partial charge in [0.1, 0.15) is 11.5 Å². The topological polar surface area (TPSA) is 51.5 Å². The number of ether oxygens (including phenoxy) is 1. The molecule has 1 N–H and O–H groups in total. The van der Waals surface area contributed by atoms with E-state index < -0.39 is 0 Å². The van der Waals surface area contributed by atoms with Crippen LogP contribution in [0.5, 0.6) is 5.75 Å². The maximum absolute atomic E-state index is 12.1. The van der Waals surface area contributed by atoms with Crippen LogP contribution >= 0.6 is 11.8 Å². The highest BCUT2D eigenvalue weighted by molar-refractivity contribution is 7.99. The molecule has 0 saturated carbocycles. The average Bonchev–Trinajstić information content (AvgIpc) is 3.00. The summed E-state index contributed by atoms with van der Waals surface area (Å²) in [4.78, 5) is 12.1. The van der Waals surface area contributed by atoms with Crippen LogP contribution in [0.2, 0.25) is 0 Å². The molecule has 0 aliphatic rings. The number of thioether (sulfide) groups is 1. The molecular weight excluding hydrogens is 286 g/mol. The highest BCUT2D eigenvalue weighted by Crippen LogP contribution is 2.20. The zero-order valence-corrected chi connectivity index (χ0v) is 13.0. The van der Waals surface area contributed by atoms with Gasteiger partial charge in [-0.3, -0.25) is 4.79 Å². The molecule has 0 aliphatic carbocycles. The summed E-state index contributed by atoms with van der Waals surface area (Å²) in [5.74, 6) is 2.34. The first kappa shape index (κ1) is 15.5.